The summed E-state index contributed by atoms with van der Waals surface area (Å²) in [6.07, 6.45) is 0. The van der Waals surface area contributed by atoms with Gasteiger partial charge in [0.05, 0.1) is 16.6 Å². The van der Waals surface area contributed by atoms with Crippen molar-refractivity contribution in [2.45, 2.75) is 13.0 Å². The molecule has 1 amide bonds. The van der Waals surface area contributed by atoms with E-state index in [1.807, 2.05) is 37.3 Å². The molecule has 1 N–H and O–H groups in total. The Balaban J connectivity index is 1.82. The average molecular weight is 334 g/mol. The zero-order valence-electron chi connectivity index (χ0n) is 11.8. The topological polar surface area (TPSA) is 42.2 Å². The van der Waals surface area contributed by atoms with Crippen molar-refractivity contribution >= 4 is 40.1 Å². The molecule has 0 aliphatic carbocycles. The number of amides is 1. The number of furan rings is 1. The predicted molar refractivity (Wildman–Crippen MR) is 88.6 cm³/mol. The third-order valence-electron chi connectivity index (χ3n) is 3.39. The number of rotatable bonds is 3. The highest BCUT2D eigenvalue weighted by molar-refractivity contribution is 6.35. The second-order valence-electron chi connectivity index (χ2n) is 5.01. The zero-order chi connectivity index (χ0) is 15.7. The fraction of sp³-hybridized carbons (Fsp3) is 0.118. The van der Waals surface area contributed by atoms with Crippen LogP contribution in [0.25, 0.3) is 11.0 Å². The van der Waals surface area contributed by atoms with Gasteiger partial charge in [-0.15, -0.1) is 0 Å². The van der Waals surface area contributed by atoms with Gasteiger partial charge in [0.25, 0.3) is 5.91 Å². The van der Waals surface area contributed by atoms with E-state index in [1.54, 1.807) is 18.2 Å². The summed E-state index contributed by atoms with van der Waals surface area (Å²) in [5.41, 5.74) is 1.14. The van der Waals surface area contributed by atoms with E-state index in [2.05, 4.69) is 5.32 Å². The molecule has 0 aliphatic heterocycles. The van der Waals surface area contributed by atoms with Gasteiger partial charge in [-0.2, -0.15) is 0 Å². The molecular weight excluding hydrogens is 321 g/mol. The van der Waals surface area contributed by atoms with Gasteiger partial charge in [-0.1, -0.05) is 41.4 Å². The van der Waals surface area contributed by atoms with Gasteiger partial charge in [0, 0.05) is 10.4 Å². The molecule has 3 aromatic rings. The maximum Gasteiger partial charge on any atom is 0.253 e. The standard InChI is InChI=1S/C17H13Cl2NO2/c1-10(16-8-11-4-2-3-5-15(11)22-16)20-17(21)13-9-12(18)6-7-14(13)19/h2-10H,1H3,(H,20,21)/t10-/m0/s1. The van der Waals surface area contributed by atoms with Crippen LogP contribution in [0.4, 0.5) is 0 Å². The minimum Gasteiger partial charge on any atom is -0.459 e. The molecule has 5 heteroatoms. The van der Waals surface area contributed by atoms with Crippen LogP contribution in [0, 0.1) is 0 Å². The number of hydrogen-bond acceptors (Lipinski definition) is 2. The molecule has 3 rings (SSSR count). The summed E-state index contributed by atoms with van der Waals surface area (Å²) < 4.78 is 5.75. The Morgan fingerprint density at radius 3 is 2.68 bits per heavy atom. The summed E-state index contributed by atoms with van der Waals surface area (Å²) in [5.74, 6) is 0.396. The largest absolute Gasteiger partial charge is 0.459 e. The first-order valence-electron chi connectivity index (χ1n) is 6.79. The van der Waals surface area contributed by atoms with Crippen LogP contribution < -0.4 is 5.32 Å². The van der Waals surface area contributed by atoms with E-state index in [1.165, 1.54) is 0 Å². The van der Waals surface area contributed by atoms with Crippen LogP contribution in [0.2, 0.25) is 10.0 Å². The van der Waals surface area contributed by atoms with Crippen molar-refractivity contribution in [3.63, 3.8) is 0 Å². The maximum absolute atomic E-state index is 12.3. The summed E-state index contributed by atoms with van der Waals surface area (Å²) >= 11 is 12.0. The van der Waals surface area contributed by atoms with Gasteiger partial charge in [-0.3, -0.25) is 4.79 Å². The molecule has 1 heterocycles. The van der Waals surface area contributed by atoms with Crippen molar-refractivity contribution in [1.29, 1.82) is 0 Å². The van der Waals surface area contributed by atoms with Crippen molar-refractivity contribution in [3.8, 4) is 0 Å². The van der Waals surface area contributed by atoms with E-state index >= 15 is 0 Å². The Morgan fingerprint density at radius 1 is 1.14 bits per heavy atom. The summed E-state index contributed by atoms with van der Waals surface area (Å²) in [4.78, 5) is 12.3. The highest BCUT2D eigenvalue weighted by Crippen LogP contribution is 2.25. The molecular formula is C17H13Cl2NO2. The van der Waals surface area contributed by atoms with Crippen LogP contribution >= 0.6 is 23.2 Å². The number of para-hydroxylation sites is 1. The van der Waals surface area contributed by atoms with Crippen molar-refractivity contribution in [2.24, 2.45) is 0 Å². The molecule has 0 spiro atoms. The lowest BCUT2D eigenvalue weighted by Gasteiger charge is -2.12. The van der Waals surface area contributed by atoms with Crippen LogP contribution in [0.5, 0.6) is 0 Å². The Morgan fingerprint density at radius 2 is 1.91 bits per heavy atom. The highest BCUT2D eigenvalue weighted by atomic mass is 35.5. The van der Waals surface area contributed by atoms with Gasteiger partial charge < -0.3 is 9.73 Å². The lowest BCUT2D eigenvalue weighted by atomic mass is 10.1. The van der Waals surface area contributed by atoms with E-state index in [0.29, 0.717) is 21.4 Å². The first kappa shape index (κ1) is 14.9. The SMILES string of the molecule is C[C@H](NC(=O)c1cc(Cl)ccc1Cl)c1cc2ccccc2o1. The first-order valence-corrected chi connectivity index (χ1v) is 7.54. The molecule has 0 unspecified atom stereocenters. The molecule has 0 bridgehead atoms. The molecule has 0 aliphatic rings. The van der Waals surface area contributed by atoms with E-state index in [0.717, 1.165) is 11.0 Å². The molecule has 2 aromatic carbocycles. The Kier molecular flexibility index (Phi) is 4.10. The quantitative estimate of drug-likeness (QED) is 0.712. The Bertz CT molecular complexity index is 809. The molecule has 0 fully saturated rings. The normalized spacial score (nSPS) is 12.3. The summed E-state index contributed by atoms with van der Waals surface area (Å²) in [5, 5.41) is 4.69. The van der Waals surface area contributed by atoms with E-state index in [9.17, 15) is 4.79 Å². The molecule has 22 heavy (non-hydrogen) atoms. The van der Waals surface area contributed by atoms with Gasteiger partial charge >= 0.3 is 0 Å². The van der Waals surface area contributed by atoms with Gasteiger partial charge in [-0.25, -0.2) is 0 Å². The predicted octanol–water partition coefficient (Wildman–Crippen LogP) is 5.23. The minimum atomic E-state index is -0.291. The van der Waals surface area contributed by atoms with Crippen LogP contribution in [-0.2, 0) is 0 Å². The van der Waals surface area contributed by atoms with Gasteiger partial charge in [0.2, 0.25) is 0 Å². The number of halogens is 2. The lowest BCUT2D eigenvalue weighted by molar-refractivity contribution is 0.0936. The number of hydrogen-bond donors (Lipinski definition) is 1. The van der Waals surface area contributed by atoms with E-state index in [-0.39, 0.29) is 11.9 Å². The molecule has 0 radical (unpaired) electrons. The molecule has 112 valence electrons. The fourth-order valence-corrected chi connectivity index (χ4v) is 2.61. The third-order valence-corrected chi connectivity index (χ3v) is 3.96. The van der Waals surface area contributed by atoms with Gasteiger partial charge in [0.15, 0.2) is 0 Å². The van der Waals surface area contributed by atoms with Crippen molar-refractivity contribution in [1.82, 2.24) is 5.32 Å². The fourth-order valence-electron chi connectivity index (χ4n) is 2.23. The smallest absolute Gasteiger partial charge is 0.253 e. The van der Waals surface area contributed by atoms with Crippen molar-refractivity contribution in [3.05, 3.63) is 69.9 Å². The number of benzene rings is 2. The molecule has 1 aromatic heterocycles. The molecule has 1 atom stereocenters. The molecule has 0 saturated heterocycles. The summed E-state index contributed by atoms with van der Waals surface area (Å²) in [6.45, 7) is 1.86. The lowest BCUT2D eigenvalue weighted by Crippen LogP contribution is -2.26. The monoisotopic (exact) mass is 333 g/mol. The number of fused-ring (bicyclic) bond motifs is 1. The molecule has 3 nitrogen and oxygen atoms in total. The van der Waals surface area contributed by atoms with Crippen LogP contribution in [-0.4, -0.2) is 5.91 Å². The summed E-state index contributed by atoms with van der Waals surface area (Å²) in [6, 6.07) is 14.1. The van der Waals surface area contributed by atoms with E-state index in [4.69, 9.17) is 27.6 Å². The second-order valence-corrected chi connectivity index (χ2v) is 5.85. The Hall–Kier alpha value is -1.97. The maximum atomic E-state index is 12.3. The second kappa shape index (κ2) is 6.03. The minimum absolute atomic E-state index is 0.282. The number of carbonyl (C=O) groups excluding carboxylic acids is 1. The highest BCUT2D eigenvalue weighted by Gasteiger charge is 2.17. The van der Waals surface area contributed by atoms with Crippen molar-refractivity contribution in [2.75, 3.05) is 0 Å². The Labute approximate surface area is 137 Å². The average Bonchev–Trinajstić information content (AvgIpc) is 2.93. The third kappa shape index (κ3) is 2.96. The summed E-state index contributed by atoms with van der Waals surface area (Å²) in [7, 11) is 0. The van der Waals surface area contributed by atoms with Gasteiger partial charge in [0.1, 0.15) is 11.3 Å². The van der Waals surface area contributed by atoms with Crippen LogP contribution in [0.15, 0.2) is 52.9 Å². The van der Waals surface area contributed by atoms with E-state index < -0.39 is 0 Å². The number of nitrogens with one attached hydrogen (secondary N) is 1. The zero-order valence-corrected chi connectivity index (χ0v) is 13.3. The number of carbonyl (C=O) groups is 1. The molecule has 0 saturated carbocycles. The van der Waals surface area contributed by atoms with Crippen molar-refractivity contribution < 1.29 is 9.21 Å². The van der Waals surface area contributed by atoms with Gasteiger partial charge in [-0.05, 0) is 37.3 Å². The van der Waals surface area contributed by atoms with Crippen LogP contribution in [0.3, 0.4) is 0 Å². The first-order chi connectivity index (χ1) is 10.5. The van der Waals surface area contributed by atoms with Crippen LogP contribution in [0.1, 0.15) is 29.1 Å².